The van der Waals surface area contributed by atoms with Gasteiger partial charge in [-0.05, 0) is 37.1 Å². The third-order valence-electron chi connectivity index (χ3n) is 4.48. The summed E-state index contributed by atoms with van der Waals surface area (Å²) in [6.45, 7) is -3.14. The molecule has 1 fully saturated rings. The molecule has 1 saturated carbocycles. The Kier molecular flexibility index (Phi) is 5.08. The number of benzene rings is 1. The lowest BCUT2D eigenvalue weighted by atomic mass is 10.2. The Labute approximate surface area is 166 Å². The Hall–Kier alpha value is -3.18. The summed E-state index contributed by atoms with van der Waals surface area (Å²) >= 11 is 0. The van der Waals surface area contributed by atoms with Crippen LogP contribution in [-0.2, 0) is 12.7 Å². The molecule has 0 atom stereocenters. The summed E-state index contributed by atoms with van der Waals surface area (Å²) < 4.78 is 80.1. The molecule has 7 nitrogen and oxygen atoms in total. The lowest BCUT2D eigenvalue weighted by Gasteiger charge is -2.10. The lowest BCUT2D eigenvalue weighted by Crippen LogP contribution is -2.09. The van der Waals surface area contributed by atoms with Crippen molar-refractivity contribution in [3.8, 4) is 23.0 Å². The fourth-order valence-electron chi connectivity index (χ4n) is 2.96. The summed E-state index contributed by atoms with van der Waals surface area (Å²) in [6.07, 6.45) is -2.96. The molecule has 1 aromatic carbocycles. The van der Waals surface area contributed by atoms with Crippen molar-refractivity contribution in [1.82, 2.24) is 20.0 Å². The smallest absolute Gasteiger partial charge is 0.435 e. The van der Waals surface area contributed by atoms with E-state index in [1.807, 2.05) is 0 Å². The largest absolute Gasteiger partial charge is 0.493 e. The van der Waals surface area contributed by atoms with E-state index >= 15 is 0 Å². The van der Waals surface area contributed by atoms with Gasteiger partial charge in [-0.25, -0.2) is 0 Å². The van der Waals surface area contributed by atoms with E-state index in [2.05, 4.69) is 20.0 Å². The highest BCUT2D eigenvalue weighted by atomic mass is 19.4. The van der Waals surface area contributed by atoms with Crippen LogP contribution in [-0.4, -0.2) is 33.7 Å². The van der Waals surface area contributed by atoms with E-state index in [-0.39, 0.29) is 35.7 Å². The van der Waals surface area contributed by atoms with Crippen LogP contribution in [0.4, 0.5) is 22.0 Å². The fraction of sp³-hybridized carbons (Fsp3) is 0.389. The van der Waals surface area contributed by atoms with Crippen LogP contribution in [0.1, 0.15) is 36.0 Å². The molecule has 3 aromatic rings. The number of alkyl halides is 5. The van der Waals surface area contributed by atoms with Crippen LogP contribution in [0.25, 0.3) is 11.5 Å². The highest BCUT2D eigenvalue weighted by molar-refractivity contribution is 5.59. The normalized spacial score (nSPS) is 14.4. The monoisotopic (exact) mass is 430 g/mol. The summed E-state index contributed by atoms with van der Waals surface area (Å²) in [6, 6.07) is 5.10. The number of methoxy groups -OCH3 is 1. The van der Waals surface area contributed by atoms with Crippen molar-refractivity contribution >= 4 is 0 Å². The molecule has 0 saturated heterocycles. The number of halogens is 5. The predicted molar refractivity (Wildman–Crippen MR) is 91.2 cm³/mol. The molecular weight excluding hydrogens is 415 g/mol. The van der Waals surface area contributed by atoms with Crippen LogP contribution in [0.5, 0.6) is 11.5 Å². The maximum absolute atomic E-state index is 13.0. The minimum absolute atomic E-state index is 0.0302. The molecule has 2 heterocycles. The SMILES string of the molecule is COc1cc(-c2nnc(Cn3nc(C(F)(F)F)cc3C3CC3)o2)ccc1OC(F)F. The van der Waals surface area contributed by atoms with E-state index < -0.39 is 18.5 Å². The number of hydrogen-bond acceptors (Lipinski definition) is 6. The van der Waals surface area contributed by atoms with Crippen LogP contribution in [0, 0.1) is 0 Å². The molecule has 0 unspecified atom stereocenters. The lowest BCUT2D eigenvalue weighted by molar-refractivity contribution is -0.141. The summed E-state index contributed by atoms with van der Waals surface area (Å²) in [5, 5.41) is 11.4. The number of nitrogens with zero attached hydrogens (tertiary/aromatic N) is 4. The molecule has 0 N–H and O–H groups in total. The predicted octanol–water partition coefficient (Wildman–Crippen LogP) is 4.49. The van der Waals surface area contributed by atoms with Gasteiger partial charge in [-0.3, -0.25) is 4.68 Å². The van der Waals surface area contributed by atoms with E-state index in [1.165, 1.54) is 30.0 Å². The van der Waals surface area contributed by atoms with Crippen LogP contribution in [0.15, 0.2) is 28.7 Å². The van der Waals surface area contributed by atoms with Crippen molar-refractivity contribution in [2.24, 2.45) is 0 Å². The van der Waals surface area contributed by atoms with E-state index in [4.69, 9.17) is 9.15 Å². The molecule has 0 amide bonds. The van der Waals surface area contributed by atoms with Gasteiger partial charge in [0.2, 0.25) is 11.8 Å². The van der Waals surface area contributed by atoms with Gasteiger partial charge in [0, 0.05) is 17.2 Å². The van der Waals surface area contributed by atoms with E-state index in [1.54, 1.807) is 0 Å². The first-order valence-electron chi connectivity index (χ1n) is 8.85. The number of aromatic nitrogens is 4. The molecule has 1 aliphatic carbocycles. The third kappa shape index (κ3) is 4.21. The number of rotatable bonds is 7. The molecule has 30 heavy (non-hydrogen) atoms. The zero-order valence-corrected chi connectivity index (χ0v) is 15.5. The number of hydrogen-bond donors (Lipinski definition) is 0. The highest BCUT2D eigenvalue weighted by Gasteiger charge is 2.38. The molecule has 2 aromatic heterocycles. The van der Waals surface area contributed by atoms with E-state index in [0.717, 1.165) is 18.9 Å². The second kappa shape index (κ2) is 7.58. The second-order valence-corrected chi connectivity index (χ2v) is 6.63. The van der Waals surface area contributed by atoms with Gasteiger partial charge in [0.15, 0.2) is 17.2 Å². The Balaban J connectivity index is 1.57. The molecule has 0 spiro atoms. The molecule has 12 heteroatoms. The molecule has 1 aliphatic rings. The molecule has 0 aliphatic heterocycles. The summed E-state index contributed by atoms with van der Waals surface area (Å²) in [4.78, 5) is 0. The Morgan fingerprint density at radius 2 is 1.93 bits per heavy atom. The van der Waals surface area contributed by atoms with Gasteiger partial charge >= 0.3 is 12.8 Å². The van der Waals surface area contributed by atoms with Gasteiger partial charge in [-0.1, -0.05) is 0 Å². The Morgan fingerprint density at radius 3 is 2.57 bits per heavy atom. The Morgan fingerprint density at radius 1 is 1.17 bits per heavy atom. The quantitative estimate of drug-likeness (QED) is 0.515. The van der Waals surface area contributed by atoms with Crippen molar-refractivity contribution in [1.29, 1.82) is 0 Å². The average molecular weight is 430 g/mol. The fourth-order valence-corrected chi connectivity index (χ4v) is 2.96. The van der Waals surface area contributed by atoms with Crippen molar-refractivity contribution in [2.75, 3.05) is 7.11 Å². The molecule has 160 valence electrons. The van der Waals surface area contributed by atoms with Gasteiger partial charge in [-0.2, -0.15) is 27.1 Å². The molecule has 4 rings (SSSR count). The number of ether oxygens (including phenoxy) is 2. The van der Waals surface area contributed by atoms with Crippen LogP contribution < -0.4 is 9.47 Å². The van der Waals surface area contributed by atoms with Gasteiger partial charge in [-0.15, -0.1) is 10.2 Å². The zero-order chi connectivity index (χ0) is 21.5. The van der Waals surface area contributed by atoms with Gasteiger partial charge in [0.05, 0.1) is 7.11 Å². The van der Waals surface area contributed by atoms with Crippen LogP contribution in [0.2, 0.25) is 0 Å². The van der Waals surface area contributed by atoms with Gasteiger partial charge in [0.25, 0.3) is 0 Å². The highest BCUT2D eigenvalue weighted by Crippen LogP contribution is 2.42. The van der Waals surface area contributed by atoms with Crippen molar-refractivity contribution in [3.63, 3.8) is 0 Å². The first-order chi connectivity index (χ1) is 14.2. The molecular formula is C18H15F5N4O3. The van der Waals surface area contributed by atoms with Crippen molar-refractivity contribution in [2.45, 2.75) is 38.1 Å². The first-order valence-corrected chi connectivity index (χ1v) is 8.85. The van der Waals surface area contributed by atoms with Crippen molar-refractivity contribution < 1.29 is 35.8 Å². The topological polar surface area (TPSA) is 75.2 Å². The summed E-state index contributed by atoms with van der Waals surface area (Å²) in [7, 11) is 1.28. The molecule has 0 radical (unpaired) electrons. The van der Waals surface area contributed by atoms with Crippen LogP contribution >= 0.6 is 0 Å². The minimum Gasteiger partial charge on any atom is -0.493 e. The van der Waals surface area contributed by atoms with E-state index in [9.17, 15) is 22.0 Å². The standard InChI is InChI=1S/C18H15F5N4O3/c1-28-13-6-10(4-5-12(13)29-17(19)20)16-25-24-15(30-16)8-27-11(9-2-3-9)7-14(26-27)18(21,22)23/h4-7,9,17H,2-3,8H2,1H3. The first kappa shape index (κ1) is 20.1. The van der Waals surface area contributed by atoms with Gasteiger partial charge < -0.3 is 13.9 Å². The zero-order valence-electron chi connectivity index (χ0n) is 15.5. The summed E-state index contributed by atoms with van der Waals surface area (Å²) in [5.74, 6) is -0.00643. The van der Waals surface area contributed by atoms with Gasteiger partial charge in [0.1, 0.15) is 6.54 Å². The minimum atomic E-state index is -4.55. The maximum atomic E-state index is 13.0. The second-order valence-electron chi connectivity index (χ2n) is 6.63. The van der Waals surface area contributed by atoms with Crippen molar-refractivity contribution in [3.05, 3.63) is 41.5 Å². The average Bonchev–Trinajstić information content (AvgIpc) is 3.26. The third-order valence-corrected chi connectivity index (χ3v) is 4.48. The van der Waals surface area contributed by atoms with E-state index in [0.29, 0.717) is 11.3 Å². The maximum Gasteiger partial charge on any atom is 0.435 e. The molecule has 0 bridgehead atoms. The summed E-state index contributed by atoms with van der Waals surface area (Å²) in [5.41, 5.74) is -0.133. The van der Waals surface area contributed by atoms with Crippen LogP contribution in [0.3, 0.4) is 0 Å². The Bertz CT molecular complexity index is 1040.